The number of hydrogen-bond acceptors (Lipinski definition) is 2. The SMILES string of the molecule is O=C(CCC(=O)N1CCCCC1)c1ccc(Cl)cc1. The van der Waals surface area contributed by atoms with Crippen LogP contribution in [0.5, 0.6) is 0 Å². The average Bonchev–Trinajstić information content (AvgIpc) is 2.46. The van der Waals surface area contributed by atoms with Crippen molar-refractivity contribution in [3.05, 3.63) is 34.9 Å². The maximum atomic E-state index is 11.9. The van der Waals surface area contributed by atoms with Gasteiger partial charge in [0.2, 0.25) is 5.91 Å². The maximum absolute atomic E-state index is 11.9. The van der Waals surface area contributed by atoms with Gasteiger partial charge < -0.3 is 4.90 Å². The molecule has 1 aliphatic heterocycles. The molecule has 1 aromatic carbocycles. The molecule has 2 rings (SSSR count). The van der Waals surface area contributed by atoms with Crippen LogP contribution in [0.1, 0.15) is 42.5 Å². The lowest BCUT2D eigenvalue weighted by Crippen LogP contribution is -2.35. The lowest BCUT2D eigenvalue weighted by Gasteiger charge is -2.26. The fourth-order valence-electron chi connectivity index (χ4n) is 2.30. The third-order valence-corrected chi connectivity index (χ3v) is 3.69. The number of piperidine rings is 1. The third kappa shape index (κ3) is 4.06. The van der Waals surface area contributed by atoms with Crippen LogP contribution in [-0.4, -0.2) is 29.7 Å². The van der Waals surface area contributed by atoms with Crippen LogP contribution < -0.4 is 0 Å². The molecule has 0 N–H and O–H groups in total. The molecular weight excluding hydrogens is 262 g/mol. The molecule has 4 heteroatoms. The summed E-state index contributed by atoms with van der Waals surface area (Å²) in [6, 6.07) is 6.80. The summed E-state index contributed by atoms with van der Waals surface area (Å²) in [7, 11) is 0. The molecule has 3 nitrogen and oxygen atoms in total. The Morgan fingerprint density at radius 2 is 1.63 bits per heavy atom. The molecule has 1 saturated heterocycles. The quantitative estimate of drug-likeness (QED) is 0.793. The molecule has 1 fully saturated rings. The molecule has 0 bridgehead atoms. The number of carbonyl (C=O) groups is 2. The van der Waals surface area contributed by atoms with E-state index in [-0.39, 0.29) is 18.1 Å². The highest BCUT2D eigenvalue weighted by atomic mass is 35.5. The molecule has 102 valence electrons. The van der Waals surface area contributed by atoms with Gasteiger partial charge in [0.25, 0.3) is 0 Å². The molecule has 1 amide bonds. The molecule has 19 heavy (non-hydrogen) atoms. The number of ketones is 1. The van der Waals surface area contributed by atoms with Crippen molar-refractivity contribution in [2.75, 3.05) is 13.1 Å². The van der Waals surface area contributed by atoms with Crippen molar-refractivity contribution in [3.63, 3.8) is 0 Å². The summed E-state index contributed by atoms with van der Waals surface area (Å²) in [5, 5.41) is 0.612. The van der Waals surface area contributed by atoms with E-state index in [1.165, 1.54) is 6.42 Å². The second-order valence-corrected chi connectivity index (χ2v) is 5.31. The molecular formula is C15H18ClNO2. The van der Waals surface area contributed by atoms with Gasteiger partial charge >= 0.3 is 0 Å². The maximum Gasteiger partial charge on any atom is 0.223 e. The smallest absolute Gasteiger partial charge is 0.223 e. The van der Waals surface area contributed by atoms with Gasteiger partial charge in [-0.25, -0.2) is 0 Å². The van der Waals surface area contributed by atoms with Crippen molar-refractivity contribution in [2.45, 2.75) is 32.1 Å². The minimum atomic E-state index is 0.00188. The van der Waals surface area contributed by atoms with E-state index < -0.39 is 0 Å². The van der Waals surface area contributed by atoms with Crippen LogP contribution in [0.3, 0.4) is 0 Å². The molecule has 0 radical (unpaired) electrons. The first kappa shape index (κ1) is 14.1. The van der Waals surface area contributed by atoms with Gasteiger partial charge in [-0.05, 0) is 43.5 Å². The van der Waals surface area contributed by atoms with E-state index in [1.807, 2.05) is 4.90 Å². The fourth-order valence-corrected chi connectivity index (χ4v) is 2.43. The fraction of sp³-hybridized carbons (Fsp3) is 0.467. The van der Waals surface area contributed by atoms with E-state index >= 15 is 0 Å². The molecule has 0 unspecified atom stereocenters. The zero-order valence-corrected chi connectivity index (χ0v) is 11.7. The Hall–Kier alpha value is -1.35. The van der Waals surface area contributed by atoms with Crippen molar-refractivity contribution >= 4 is 23.3 Å². The van der Waals surface area contributed by atoms with Gasteiger partial charge in [-0.2, -0.15) is 0 Å². The predicted octanol–water partition coefficient (Wildman–Crippen LogP) is 3.32. The summed E-state index contributed by atoms with van der Waals surface area (Å²) >= 11 is 5.77. The highest BCUT2D eigenvalue weighted by Crippen LogP contribution is 2.14. The zero-order valence-electron chi connectivity index (χ0n) is 10.9. The van der Waals surface area contributed by atoms with E-state index in [4.69, 9.17) is 11.6 Å². The lowest BCUT2D eigenvalue weighted by atomic mass is 10.1. The molecule has 1 heterocycles. The van der Waals surface area contributed by atoms with Crippen LogP contribution in [0.25, 0.3) is 0 Å². The van der Waals surface area contributed by atoms with Crippen molar-refractivity contribution in [1.82, 2.24) is 4.90 Å². The zero-order chi connectivity index (χ0) is 13.7. The Balaban J connectivity index is 1.82. The topological polar surface area (TPSA) is 37.4 Å². The van der Waals surface area contributed by atoms with Crippen molar-refractivity contribution in [1.29, 1.82) is 0 Å². The van der Waals surface area contributed by atoms with E-state index in [9.17, 15) is 9.59 Å². The average molecular weight is 280 g/mol. The number of benzene rings is 1. The van der Waals surface area contributed by atoms with Gasteiger partial charge in [0.15, 0.2) is 5.78 Å². The molecule has 0 saturated carbocycles. The minimum Gasteiger partial charge on any atom is -0.343 e. The van der Waals surface area contributed by atoms with E-state index in [0.29, 0.717) is 17.0 Å². The predicted molar refractivity (Wildman–Crippen MR) is 75.4 cm³/mol. The number of halogens is 1. The van der Waals surface area contributed by atoms with Gasteiger partial charge in [0, 0.05) is 36.5 Å². The van der Waals surface area contributed by atoms with Gasteiger partial charge in [-0.3, -0.25) is 9.59 Å². The number of amides is 1. The summed E-state index contributed by atoms with van der Waals surface area (Å²) in [5.74, 6) is 0.101. The molecule has 0 aliphatic carbocycles. The molecule has 0 atom stereocenters. The Labute approximate surface area is 118 Å². The van der Waals surface area contributed by atoms with Gasteiger partial charge in [0.05, 0.1) is 0 Å². The minimum absolute atomic E-state index is 0.00188. The Morgan fingerprint density at radius 1 is 1.00 bits per heavy atom. The summed E-state index contributed by atoms with van der Waals surface area (Å²) in [5.41, 5.74) is 0.621. The first-order valence-corrected chi connectivity index (χ1v) is 7.11. The van der Waals surface area contributed by atoms with Gasteiger partial charge in [0.1, 0.15) is 0 Å². The molecule has 0 aromatic heterocycles. The number of hydrogen-bond donors (Lipinski definition) is 0. The first-order valence-electron chi connectivity index (χ1n) is 6.73. The number of likely N-dealkylation sites (tertiary alicyclic amines) is 1. The number of Topliss-reactive ketones (excluding diaryl/α,β-unsaturated/α-hetero) is 1. The Kier molecular flexibility index (Phi) is 4.97. The Morgan fingerprint density at radius 3 is 2.26 bits per heavy atom. The monoisotopic (exact) mass is 279 g/mol. The normalized spacial score (nSPS) is 15.3. The molecule has 1 aromatic rings. The lowest BCUT2D eigenvalue weighted by molar-refractivity contribution is -0.132. The summed E-state index contributed by atoms with van der Waals surface area (Å²) in [6.07, 6.45) is 3.94. The first-order chi connectivity index (χ1) is 9.16. The summed E-state index contributed by atoms with van der Waals surface area (Å²) in [4.78, 5) is 25.7. The summed E-state index contributed by atoms with van der Waals surface area (Å²) in [6.45, 7) is 1.68. The number of nitrogens with zero attached hydrogens (tertiary/aromatic N) is 1. The van der Waals surface area contributed by atoms with Crippen molar-refractivity contribution in [2.24, 2.45) is 0 Å². The van der Waals surface area contributed by atoms with Crippen LogP contribution >= 0.6 is 11.6 Å². The van der Waals surface area contributed by atoms with Crippen LogP contribution in [-0.2, 0) is 4.79 Å². The van der Waals surface area contributed by atoms with E-state index in [0.717, 1.165) is 25.9 Å². The molecule has 1 aliphatic rings. The standard InChI is InChI=1S/C15H18ClNO2/c16-13-6-4-12(5-7-13)14(18)8-9-15(19)17-10-2-1-3-11-17/h4-7H,1-3,8-11H2. The van der Waals surface area contributed by atoms with E-state index in [2.05, 4.69) is 0 Å². The van der Waals surface area contributed by atoms with Crippen molar-refractivity contribution in [3.8, 4) is 0 Å². The highest BCUT2D eigenvalue weighted by Gasteiger charge is 2.17. The molecule has 0 spiro atoms. The second-order valence-electron chi connectivity index (χ2n) is 4.87. The second kappa shape index (κ2) is 6.71. The highest BCUT2D eigenvalue weighted by molar-refractivity contribution is 6.30. The summed E-state index contributed by atoms with van der Waals surface area (Å²) < 4.78 is 0. The van der Waals surface area contributed by atoms with E-state index in [1.54, 1.807) is 24.3 Å². The number of carbonyl (C=O) groups excluding carboxylic acids is 2. The Bertz CT molecular complexity index is 450. The van der Waals surface area contributed by atoms with Crippen LogP contribution in [0.2, 0.25) is 5.02 Å². The largest absolute Gasteiger partial charge is 0.343 e. The van der Waals surface area contributed by atoms with Crippen LogP contribution in [0.4, 0.5) is 0 Å². The number of rotatable bonds is 4. The van der Waals surface area contributed by atoms with Crippen molar-refractivity contribution < 1.29 is 9.59 Å². The van der Waals surface area contributed by atoms with Gasteiger partial charge in [-0.15, -0.1) is 0 Å². The van der Waals surface area contributed by atoms with Crippen LogP contribution in [0.15, 0.2) is 24.3 Å². The van der Waals surface area contributed by atoms with Gasteiger partial charge in [-0.1, -0.05) is 11.6 Å². The van der Waals surface area contributed by atoms with Crippen LogP contribution in [0, 0.1) is 0 Å². The third-order valence-electron chi connectivity index (χ3n) is 3.44.